The second-order valence-electron chi connectivity index (χ2n) is 5.74. The Morgan fingerprint density at radius 3 is 2.81 bits per heavy atom. The summed E-state index contributed by atoms with van der Waals surface area (Å²) < 4.78 is 27.7. The first-order valence-corrected chi connectivity index (χ1v) is 7.74. The minimum atomic E-state index is -0.772. The van der Waals surface area contributed by atoms with E-state index < -0.39 is 29.6 Å². The summed E-state index contributed by atoms with van der Waals surface area (Å²) in [5.41, 5.74) is 0.333. The third-order valence-corrected chi connectivity index (χ3v) is 4.02. The predicted octanol–water partition coefficient (Wildman–Crippen LogP) is 2.79. The summed E-state index contributed by atoms with van der Waals surface area (Å²) in [6, 6.07) is 10.1. The molecule has 4 rings (SSSR count). The van der Waals surface area contributed by atoms with Crippen molar-refractivity contribution < 1.29 is 13.6 Å². The standard InChI is InChI=1S/C18H12F2N4O2/c19-10-5-6-13(20)15(7-10)22-16(25)9-24-18(26)17-12(8-21-24)11-3-1-2-4-14(11)23-17/h1-8,23H,9H2,(H,22,25). The van der Waals surface area contributed by atoms with Crippen molar-refractivity contribution in [1.82, 2.24) is 14.8 Å². The summed E-state index contributed by atoms with van der Waals surface area (Å²) in [7, 11) is 0. The average Bonchev–Trinajstić information content (AvgIpc) is 3.00. The molecule has 2 N–H and O–H groups in total. The number of nitrogens with zero attached hydrogens (tertiary/aromatic N) is 2. The van der Waals surface area contributed by atoms with Crippen LogP contribution in [0.15, 0.2) is 53.5 Å². The summed E-state index contributed by atoms with van der Waals surface area (Å²) in [4.78, 5) is 27.7. The highest BCUT2D eigenvalue weighted by molar-refractivity contribution is 6.06. The molecule has 130 valence electrons. The Kier molecular flexibility index (Phi) is 3.72. The van der Waals surface area contributed by atoms with Gasteiger partial charge in [0.05, 0.1) is 11.9 Å². The van der Waals surface area contributed by atoms with Crippen LogP contribution in [0, 0.1) is 11.6 Å². The fourth-order valence-corrected chi connectivity index (χ4v) is 2.81. The molecule has 2 heterocycles. The van der Waals surface area contributed by atoms with Gasteiger partial charge in [-0.25, -0.2) is 13.5 Å². The smallest absolute Gasteiger partial charge is 0.291 e. The molecule has 0 atom stereocenters. The maximum atomic E-state index is 13.6. The van der Waals surface area contributed by atoms with E-state index in [-0.39, 0.29) is 5.69 Å². The van der Waals surface area contributed by atoms with Crippen LogP contribution in [0.5, 0.6) is 0 Å². The molecule has 0 aliphatic rings. The minimum absolute atomic E-state index is 0.297. The zero-order valence-corrected chi connectivity index (χ0v) is 13.3. The number of aromatic nitrogens is 3. The molecule has 0 saturated heterocycles. The zero-order chi connectivity index (χ0) is 18.3. The molecule has 0 aliphatic carbocycles. The molecule has 0 fully saturated rings. The van der Waals surface area contributed by atoms with Gasteiger partial charge >= 0.3 is 0 Å². The lowest BCUT2D eigenvalue weighted by Gasteiger charge is -2.07. The second-order valence-corrected chi connectivity index (χ2v) is 5.74. The lowest BCUT2D eigenvalue weighted by molar-refractivity contribution is -0.117. The van der Waals surface area contributed by atoms with E-state index in [2.05, 4.69) is 15.4 Å². The van der Waals surface area contributed by atoms with Gasteiger partial charge in [-0.1, -0.05) is 18.2 Å². The molecule has 0 saturated carbocycles. The van der Waals surface area contributed by atoms with Gasteiger partial charge < -0.3 is 10.3 Å². The molecule has 8 heteroatoms. The Balaban J connectivity index is 1.65. The minimum Gasteiger partial charge on any atom is -0.350 e. The van der Waals surface area contributed by atoms with E-state index in [0.717, 1.165) is 33.8 Å². The molecule has 6 nitrogen and oxygen atoms in total. The molecular formula is C18H12F2N4O2. The van der Waals surface area contributed by atoms with Crippen LogP contribution < -0.4 is 10.9 Å². The van der Waals surface area contributed by atoms with Crippen molar-refractivity contribution in [2.75, 3.05) is 5.32 Å². The maximum Gasteiger partial charge on any atom is 0.291 e. The number of carbonyl (C=O) groups is 1. The molecule has 2 aromatic heterocycles. The quantitative estimate of drug-likeness (QED) is 0.594. The van der Waals surface area contributed by atoms with Crippen LogP contribution in [-0.4, -0.2) is 20.7 Å². The van der Waals surface area contributed by atoms with Gasteiger partial charge in [0.1, 0.15) is 23.7 Å². The van der Waals surface area contributed by atoms with E-state index in [9.17, 15) is 18.4 Å². The second kappa shape index (κ2) is 6.07. The Bertz CT molecular complexity index is 1210. The van der Waals surface area contributed by atoms with Gasteiger partial charge in [0, 0.05) is 22.4 Å². The molecule has 2 aromatic carbocycles. The first kappa shape index (κ1) is 15.9. The molecule has 26 heavy (non-hydrogen) atoms. The number of halogens is 2. The van der Waals surface area contributed by atoms with Gasteiger partial charge in [0.25, 0.3) is 5.56 Å². The van der Waals surface area contributed by atoms with Gasteiger partial charge in [-0.2, -0.15) is 5.10 Å². The van der Waals surface area contributed by atoms with Gasteiger partial charge in [-0.05, 0) is 18.2 Å². The van der Waals surface area contributed by atoms with Crippen LogP contribution in [0.1, 0.15) is 0 Å². The number of carbonyl (C=O) groups excluding carboxylic acids is 1. The molecule has 0 aliphatic heterocycles. The van der Waals surface area contributed by atoms with Crippen LogP contribution in [0.25, 0.3) is 21.8 Å². The first-order chi connectivity index (χ1) is 12.5. The van der Waals surface area contributed by atoms with E-state index in [0.29, 0.717) is 10.9 Å². The summed E-state index contributed by atoms with van der Waals surface area (Å²) in [6.45, 7) is -0.430. The molecule has 4 aromatic rings. The SMILES string of the molecule is O=C(Cn1ncc2c([nH]c3ccccc32)c1=O)Nc1cc(F)ccc1F. The number of hydrogen-bond donors (Lipinski definition) is 2. The maximum absolute atomic E-state index is 13.6. The highest BCUT2D eigenvalue weighted by Gasteiger charge is 2.14. The predicted molar refractivity (Wildman–Crippen MR) is 92.8 cm³/mol. The summed E-state index contributed by atoms with van der Waals surface area (Å²) in [5.74, 6) is -2.15. The Morgan fingerprint density at radius 2 is 1.96 bits per heavy atom. The van der Waals surface area contributed by atoms with Crippen LogP contribution >= 0.6 is 0 Å². The Morgan fingerprint density at radius 1 is 1.15 bits per heavy atom. The topological polar surface area (TPSA) is 79.8 Å². The van der Waals surface area contributed by atoms with Crippen LogP contribution in [-0.2, 0) is 11.3 Å². The van der Waals surface area contributed by atoms with Crippen LogP contribution in [0.4, 0.5) is 14.5 Å². The van der Waals surface area contributed by atoms with Crippen molar-refractivity contribution in [1.29, 1.82) is 0 Å². The van der Waals surface area contributed by atoms with E-state index in [1.807, 2.05) is 24.3 Å². The van der Waals surface area contributed by atoms with Crippen LogP contribution in [0.2, 0.25) is 0 Å². The van der Waals surface area contributed by atoms with E-state index in [1.54, 1.807) is 0 Å². The number of hydrogen-bond acceptors (Lipinski definition) is 3. The van der Waals surface area contributed by atoms with Crippen molar-refractivity contribution >= 4 is 33.4 Å². The molecule has 0 unspecified atom stereocenters. The summed E-state index contributed by atoms with van der Waals surface area (Å²) in [5, 5.41) is 7.75. The monoisotopic (exact) mass is 354 g/mol. The number of rotatable bonds is 3. The Labute approximate surface area is 145 Å². The van der Waals surface area contributed by atoms with E-state index in [4.69, 9.17) is 0 Å². The number of H-pyrrole nitrogens is 1. The number of benzene rings is 2. The van der Waals surface area contributed by atoms with Gasteiger partial charge in [0.2, 0.25) is 5.91 Å². The molecule has 1 amide bonds. The number of anilines is 1. The highest BCUT2D eigenvalue weighted by Crippen LogP contribution is 2.21. The molecule has 0 spiro atoms. The normalized spacial score (nSPS) is 11.2. The highest BCUT2D eigenvalue weighted by atomic mass is 19.1. The van der Waals surface area contributed by atoms with Crippen LogP contribution in [0.3, 0.4) is 0 Å². The number of fused-ring (bicyclic) bond motifs is 3. The zero-order valence-electron chi connectivity index (χ0n) is 13.3. The van der Waals surface area contributed by atoms with E-state index >= 15 is 0 Å². The first-order valence-electron chi connectivity index (χ1n) is 7.74. The fourth-order valence-electron chi connectivity index (χ4n) is 2.81. The largest absolute Gasteiger partial charge is 0.350 e. The third-order valence-electron chi connectivity index (χ3n) is 4.02. The van der Waals surface area contributed by atoms with Crippen molar-refractivity contribution in [2.45, 2.75) is 6.54 Å². The molecule has 0 radical (unpaired) electrons. The van der Waals surface area contributed by atoms with Crippen molar-refractivity contribution in [2.24, 2.45) is 0 Å². The Hall–Kier alpha value is -3.55. The van der Waals surface area contributed by atoms with Crippen molar-refractivity contribution in [3.05, 3.63) is 70.6 Å². The number of nitrogens with one attached hydrogen (secondary N) is 2. The van der Waals surface area contributed by atoms with Gasteiger partial charge in [-0.15, -0.1) is 0 Å². The lowest BCUT2D eigenvalue weighted by Crippen LogP contribution is -2.29. The number of amides is 1. The average molecular weight is 354 g/mol. The number of aromatic amines is 1. The van der Waals surface area contributed by atoms with Gasteiger partial charge in [0.15, 0.2) is 0 Å². The summed E-state index contributed by atoms with van der Waals surface area (Å²) in [6.07, 6.45) is 1.49. The lowest BCUT2D eigenvalue weighted by atomic mass is 10.2. The van der Waals surface area contributed by atoms with E-state index in [1.165, 1.54) is 6.20 Å². The van der Waals surface area contributed by atoms with Crippen molar-refractivity contribution in [3.63, 3.8) is 0 Å². The molecule has 0 bridgehead atoms. The number of para-hydroxylation sites is 1. The summed E-state index contributed by atoms with van der Waals surface area (Å²) >= 11 is 0. The third kappa shape index (κ3) is 2.71. The fraction of sp³-hybridized carbons (Fsp3) is 0.0556. The molecular weight excluding hydrogens is 342 g/mol. The van der Waals surface area contributed by atoms with Gasteiger partial charge in [-0.3, -0.25) is 9.59 Å². The van der Waals surface area contributed by atoms with Crippen molar-refractivity contribution in [3.8, 4) is 0 Å².